The average molecular weight is 292 g/mol. The van der Waals surface area contributed by atoms with Crippen LogP contribution in [0, 0.1) is 5.82 Å². The molecule has 0 aliphatic carbocycles. The third-order valence-electron chi connectivity index (χ3n) is 3.28. The lowest BCUT2D eigenvalue weighted by Crippen LogP contribution is -2.30. The van der Waals surface area contributed by atoms with Gasteiger partial charge in [0.25, 0.3) is 0 Å². The minimum Gasteiger partial charge on any atom is -0.308 e. The summed E-state index contributed by atoms with van der Waals surface area (Å²) in [5, 5.41) is 5.62. The Morgan fingerprint density at radius 2 is 2.00 bits per heavy atom. The number of benzene rings is 1. The largest absolute Gasteiger partial charge is 0.308 e. The lowest BCUT2D eigenvalue weighted by molar-refractivity contribution is 0.319. The maximum atomic E-state index is 12.8. The third kappa shape index (κ3) is 4.71. The van der Waals surface area contributed by atoms with E-state index in [1.807, 2.05) is 12.1 Å². The summed E-state index contributed by atoms with van der Waals surface area (Å²) in [4.78, 5) is 3.60. The number of nitrogens with one attached hydrogen (secondary N) is 1. The summed E-state index contributed by atoms with van der Waals surface area (Å²) >= 11 is 1.78. The number of rotatable bonds is 7. The highest BCUT2D eigenvalue weighted by atomic mass is 32.1. The Kier molecular flexibility index (Phi) is 5.71. The second kappa shape index (κ2) is 7.53. The molecule has 0 saturated heterocycles. The molecule has 0 spiro atoms. The number of likely N-dealkylation sites (N-methyl/N-ethyl adjacent to an activating group) is 1. The van der Waals surface area contributed by atoms with Gasteiger partial charge in [0, 0.05) is 30.6 Å². The highest BCUT2D eigenvalue weighted by molar-refractivity contribution is 7.10. The molecule has 108 valence electrons. The van der Waals surface area contributed by atoms with Gasteiger partial charge in [-0.1, -0.05) is 18.2 Å². The van der Waals surface area contributed by atoms with E-state index in [1.54, 1.807) is 11.3 Å². The molecule has 1 heterocycles. The van der Waals surface area contributed by atoms with Gasteiger partial charge in [-0.25, -0.2) is 4.39 Å². The summed E-state index contributed by atoms with van der Waals surface area (Å²) < 4.78 is 12.8. The monoisotopic (exact) mass is 292 g/mol. The Bertz CT molecular complexity index is 496. The van der Waals surface area contributed by atoms with Crippen LogP contribution in [-0.4, -0.2) is 25.0 Å². The van der Waals surface area contributed by atoms with E-state index in [0.717, 1.165) is 25.2 Å². The van der Waals surface area contributed by atoms with Crippen LogP contribution in [0.5, 0.6) is 0 Å². The smallest absolute Gasteiger partial charge is 0.123 e. The molecule has 0 amide bonds. The Hall–Kier alpha value is -1.23. The van der Waals surface area contributed by atoms with E-state index in [-0.39, 0.29) is 5.82 Å². The Labute approximate surface area is 124 Å². The van der Waals surface area contributed by atoms with Crippen LogP contribution in [0.1, 0.15) is 23.4 Å². The molecule has 2 aromatic rings. The zero-order valence-electron chi connectivity index (χ0n) is 12.0. The van der Waals surface area contributed by atoms with Crippen molar-refractivity contribution in [1.29, 1.82) is 0 Å². The fourth-order valence-electron chi connectivity index (χ4n) is 2.09. The summed E-state index contributed by atoms with van der Waals surface area (Å²) in [6.45, 7) is 4.94. The van der Waals surface area contributed by atoms with Crippen LogP contribution < -0.4 is 5.32 Å². The SMILES string of the molecule is CC(NCCN(C)Cc1ccc(F)cc1)c1cccs1. The van der Waals surface area contributed by atoms with E-state index in [9.17, 15) is 4.39 Å². The summed E-state index contributed by atoms with van der Waals surface area (Å²) in [6.07, 6.45) is 0. The number of nitrogens with zero attached hydrogens (tertiary/aromatic N) is 1. The second-order valence-corrected chi connectivity index (χ2v) is 6.03. The molecule has 0 fully saturated rings. The lowest BCUT2D eigenvalue weighted by atomic mass is 10.2. The minimum absolute atomic E-state index is 0.178. The molecule has 2 nitrogen and oxygen atoms in total. The number of thiophene rings is 1. The molecule has 4 heteroatoms. The maximum absolute atomic E-state index is 12.8. The van der Waals surface area contributed by atoms with Crippen molar-refractivity contribution in [1.82, 2.24) is 10.2 Å². The van der Waals surface area contributed by atoms with Crippen LogP contribution in [0.3, 0.4) is 0 Å². The van der Waals surface area contributed by atoms with Gasteiger partial charge in [-0.05, 0) is 43.1 Å². The normalized spacial score (nSPS) is 12.8. The average Bonchev–Trinajstić information content (AvgIpc) is 2.95. The summed E-state index contributed by atoms with van der Waals surface area (Å²) in [5.74, 6) is -0.178. The van der Waals surface area contributed by atoms with Crippen LogP contribution in [-0.2, 0) is 6.54 Å². The van der Waals surface area contributed by atoms with Crippen molar-refractivity contribution < 1.29 is 4.39 Å². The maximum Gasteiger partial charge on any atom is 0.123 e. The highest BCUT2D eigenvalue weighted by Crippen LogP contribution is 2.17. The van der Waals surface area contributed by atoms with Gasteiger partial charge in [0.05, 0.1) is 0 Å². The number of hydrogen-bond donors (Lipinski definition) is 1. The first-order chi connectivity index (χ1) is 9.65. The van der Waals surface area contributed by atoms with Crippen molar-refractivity contribution in [2.24, 2.45) is 0 Å². The van der Waals surface area contributed by atoms with Crippen molar-refractivity contribution in [2.75, 3.05) is 20.1 Å². The molecule has 1 aromatic heterocycles. The first-order valence-electron chi connectivity index (χ1n) is 6.85. The molecule has 0 saturated carbocycles. The molecule has 1 unspecified atom stereocenters. The van der Waals surface area contributed by atoms with E-state index in [2.05, 4.69) is 41.7 Å². The van der Waals surface area contributed by atoms with E-state index < -0.39 is 0 Å². The quantitative estimate of drug-likeness (QED) is 0.837. The topological polar surface area (TPSA) is 15.3 Å². The van der Waals surface area contributed by atoms with Crippen LogP contribution in [0.25, 0.3) is 0 Å². The number of halogens is 1. The van der Waals surface area contributed by atoms with E-state index in [1.165, 1.54) is 17.0 Å². The van der Waals surface area contributed by atoms with Crippen molar-refractivity contribution in [3.8, 4) is 0 Å². The molecule has 0 aliphatic heterocycles. The lowest BCUT2D eigenvalue weighted by Gasteiger charge is -2.19. The molecule has 0 bridgehead atoms. The molecule has 20 heavy (non-hydrogen) atoms. The Morgan fingerprint density at radius 3 is 2.65 bits per heavy atom. The zero-order valence-corrected chi connectivity index (χ0v) is 12.8. The van der Waals surface area contributed by atoms with Crippen LogP contribution in [0.15, 0.2) is 41.8 Å². The molecule has 1 atom stereocenters. The van der Waals surface area contributed by atoms with E-state index in [4.69, 9.17) is 0 Å². The zero-order chi connectivity index (χ0) is 14.4. The Morgan fingerprint density at radius 1 is 1.25 bits per heavy atom. The van der Waals surface area contributed by atoms with Gasteiger partial charge in [0.15, 0.2) is 0 Å². The molecule has 0 aliphatic rings. The van der Waals surface area contributed by atoms with Crippen LogP contribution >= 0.6 is 11.3 Å². The van der Waals surface area contributed by atoms with Gasteiger partial charge in [-0.3, -0.25) is 0 Å². The molecule has 0 radical (unpaired) electrons. The first kappa shape index (κ1) is 15.2. The first-order valence-corrected chi connectivity index (χ1v) is 7.73. The summed E-state index contributed by atoms with van der Waals surface area (Å²) in [7, 11) is 2.08. The van der Waals surface area contributed by atoms with Crippen molar-refractivity contribution in [3.05, 3.63) is 58.0 Å². The van der Waals surface area contributed by atoms with Gasteiger partial charge < -0.3 is 10.2 Å². The molecule has 1 aromatic carbocycles. The van der Waals surface area contributed by atoms with E-state index in [0.29, 0.717) is 6.04 Å². The molecular formula is C16H21FN2S. The Balaban J connectivity index is 1.70. The molecule has 2 rings (SSSR count). The van der Waals surface area contributed by atoms with Crippen molar-refractivity contribution in [3.63, 3.8) is 0 Å². The van der Waals surface area contributed by atoms with Gasteiger partial charge in [-0.2, -0.15) is 0 Å². The van der Waals surface area contributed by atoms with Crippen LogP contribution in [0.2, 0.25) is 0 Å². The van der Waals surface area contributed by atoms with Gasteiger partial charge in [-0.15, -0.1) is 11.3 Å². The minimum atomic E-state index is -0.178. The van der Waals surface area contributed by atoms with Crippen molar-refractivity contribution in [2.45, 2.75) is 19.5 Å². The van der Waals surface area contributed by atoms with Gasteiger partial charge in [0.1, 0.15) is 5.82 Å². The fourth-order valence-corrected chi connectivity index (χ4v) is 2.85. The van der Waals surface area contributed by atoms with E-state index >= 15 is 0 Å². The third-order valence-corrected chi connectivity index (χ3v) is 4.33. The molecular weight excluding hydrogens is 271 g/mol. The number of hydrogen-bond acceptors (Lipinski definition) is 3. The second-order valence-electron chi connectivity index (χ2n) is 5.06. The summed E-state index contributed by atoms with van der Waals surface area (Å²) in [6, 6.07) is 11.3. The summed E-state index contributed by atoms with van der Waals surface area (Å²) in [5.41, 5.74) is 1.14. The highest BCUT2D eigenvalue weighted by Gasteiger charge is 2.06. The fraction of sp³-hybridized carbons (Fsp3) is 0.375. The predicted molar refractivity (Wildman–Crippen MR) is 83.5 cm³/mol. The van der Waals surface area contributed by atoms with Crippen LogP contribution in [0.4, 0.5) is 4.39 Å². The molecule has 1 N–H and O–H groups in total. The van der Waals surface area contributed by atoms with Crippen molar-refractivity contribution >= 4 is 11.3 Å². The standard InChI is InChI=1S/C16H21FN2S/c1-13(16-4-3-11-20-16)18-9-10-19(2)12-14-5-7-15(17)8-6-14/h3-8,11,13,18H,9-10,12H2,1-2H3. The van der Waals surface area contributed by atoms with Gasteiger partial charge in [0.2, 0.25) is 0 Å². The predicted octanol–water partition coefficient (Wildman–Crippen LogP) is 3.67. The van der Waals surface area contributed by atoms with Gasteiger partial charge >= 0.3 is 0 Å².